The first kappa shape index (κ1) is 7.69. The molecule has 3 heteroatoms. The maximum absolute atomic E-state index is 4.18. The number of hydrogen-bond acceptors (Lipinski definition) is 3. The van der Waals surface area contributed by atoms with Crippen LogP contribution in [0.2, 0.25) is 0 Å². The normalized spacial score (nSPS) is 10.7. The van der Waals surface area contributed by atoms with Gasteiger partial charge in [0.05, 0.1) is 6.54 Å². The SMILES string of the molecule is CCN(C)Cc1nccs1. The molecule has 1 aromatic rings. The van der Waals surface area contributed by atoms with E-state index in [2.05, 4.69) is 23.9 Å². The Balaban J connectivity index is 2.40. The highest BCUT2D eigenvalue weighted by Crippen LogP contribution is 2.05. The van der Waals surface area contributed by atoms with Gasteiger partial charge in [0.2, 0.25) is 0 Å². The van der Waals surface area contributed by atoms with Crippen LogP contribution in [0.3, 0.4) is 0 Å². The van der Waals surface area contributed by atoms with Gasteiger partial charge in [0.25, 0.3) is 0 Å². The van der Waals surface area contributed by atoms with E-state index in [1.165, 1.54) is 5.01 Å². The average Bonchev–Trinajstić information content (AvgIpc) is 2.40. The maximum atomic E-state index is 4.18. The van der Waals surface area contributed by atoms with Crippen LogP contribution >= 0.6 is 11.3 Å². The lowest BCUT2D eigenvalue weighted by molar-refractivity contribution is 0.345. The summed E-state index contributed by atoms with van der Waals surface area (Å²) in [6, 6.07) is 0. The molecule has 10 heavy (non-hydrogen) atoms. The van der Waals surface area contributed by atoms with Gasteiger partial charge in [0, 0.05) is 11.6 Å². The van der Waals surface area contributed by atoms with Gasteiger partial charge in [-0.15, -0.1) is 11.3 Å². The largest absolute Gasteiger partial charge is 0.300 e. The predicted molar refractivity (Wildman–Crippen MR) is 44.1 cm³/mol. The van der Waals surface area contributed by atoms with E-state index in [4.69, 9.17) is 0 Å². The lowest BCUT2D eigenvalue weighted by atomic mass is 10.5. The Morgan fingerprint density at radius 2 is 2.50 bits per heavy atom. The first-order chi connectivity index (χ1) is 4.83. The van der Waals surface area contributed by atoms with E-state index < -0.39 is 0 Å². The summed E-state index contributed by atoms with van der Waals surface area (Å²) in [7, 11) is 2.10. The van der Waals surface area contributed by atoms with Crippen LogP contribution in [-0.4, -0.2) is 23.5 Å². The Kier molecular flexibility index (Phi) is 2.83. The highest BCUT2D eigenvalue weighted by molar-refractivity contribution is 7.09. The van der Waals surface area contributed by atoms with Crippen LogP contribution in [0.1, 0.15) is 11.9 Å². The van der Waals surface area contributed by atoms with Crippen LogP contribution in [0.5, 0.6) is 0 Å². The zero-order valence-corrected chi connectivity index (χ0v) is 7.19. The minimum absolute atomic E-state index is 0.980. The fraction of sp³-hybridized carbons (Fsp3) is 0.571. The molecule has 56 valence electrons. The van der Waals surface area contributed by atoms with Gasteiger partial charge in [0.15, 0.2) is 0 Å². The highest BCUT2D eigenvalue weighted by atomic mass is 32.1. The van der Waals surface area contributed by atoms with Gasteiger partial charge in [0.1, 0.15) is 5.01 Å². The standard InChI is InChI=1S/C7H12N2S/c1-3-9(2)6-7-8-4-5-10-7/h4-5H,3,6H2,1-2H3. The van der Waals surface area contributed by atoms with Crippen LogP contribution in [0.15, 0.2) is 11.6 Å². The number of hydrogen-bond donors (Lipinski definition) is 0. The van der Waals surface area contributed by atoms with Gasteiger partial charge in [-0.2, -0.15) is 0 Å². The Bertz CT molecular complexity index is 172. The lowest BCUT2D eigenvalue weighted by Gasteiger charge is -2.10. The van der Waals surface area contributed by atoms with Crippen molar-refractivity contribution in [2.45, 2.75) is 13.5 Å². The summed E-state index contributed by atoms with van der Waals surface area (Å²) < 4.78 is 0. The molecule has 0 aliphatic carbocycles. The van der Waals surface area contributed by atoms with E-state index in [9.17, 15) is 0 Å². The number of rotatable bonds is 3. The lowest BCUT2D eigenvalue weighted by Crippen LogP contribution is -2.16. The van der Waals surface area contributed by atoms with E-state index >= 15 is 0 Å². The number of nitrogens with zero attached hydrogens (tertiary/aromatic N) is 2. The molecule has 0 atom stereocenters. The Morgan fingerprint density at radius 3 is 3.00 bits per heavy atom. The molecule has 1 rings (SSSR count). The number of thiazole rings is 1. The average molecular weight is 156 g/mol. The zero-order valence-electron chi connectivity index (χ0n) is 6.37. The van der Waals surface area contributed by atoms with Crippen LogP contribution in [0.25, 0.3) is 0 Å². The molecule has 0 N–H and O–H groups in total. The van der Waals surface area contributed by atoms with Crippen LogP contribution < -0.4 is 0 Å². The molecular formula is C7H12N2S. The molecule has 0 aliphatic heterocycles. The van der Waals surface area contributed by atoms with Crippen molar-refractivity contribution in [2.75, 3.05) is 13.6 Å². The molecule has 0 saturated heterocycles. The fourth-order valence-corrected chi connectivity index (χ4v) is 1.37. The molecule has 0 bridgehead atoms. The van der Waals surface area contributed by atoms with Crippen molar-refractivity contribution < 1.29 is 0 Å². The van der Waals surface area contributed by atoms with E-state index in [-0.39, 0.29) is 0 Å². The van der Waals surface area contributed by atoms with E-state index in [1.54, 1.807) is 11.3 Å². The molecule has 0 spiro atoms. The minimum Gasteiger partial charge on any atom is -0.300 e. The second-order valence-electron chi connectivity index (χ2n) is 2.26. The Hall–Kier alpha value is -0.410. The highest BCUT2D eigenvalue weighted by Gasteiger charge is 1.97. The molecular weight excluding hydrogens is 144 g/mol. The summed E-state index contributed by atoms with van der Waals surface area (Å²) in [6.07, 6.45) is 1.85. The fourth-order valence-electron chi connectivity index (χ4n) is 0.674. The topological polar surface area (TPSA) is 16.1 Å². The molecule has 0 unspecified atom stereocenters. The minimum atomic E-state index is 0.980. The summed E-state index contributed by atoms with van der Waals surface area (Å²) in [4.78, 5) is 6.42. The second kappa shape index (κ2) is 3.68. The first-order valence-corrected chi connectivity index (χ1v) is 4.27. The van der Waals surface area contributed by atoms with E-state index in [0.29, 0.717) is 0 Å². The van der Waals surface area contributed by atoms with Crippen molar-refractivity contribution in [1.82, 2.24) is 9.88 Å². The molecule has 1 aromatic heterocycles. The van der Waals surface area contributed by atoms with Crippen molar-refractivity contribution in [1.29, 1.82) is 0 Å². The monoisotopic (exact) mass is 156 g/mol. The number of aromatic nitrogens is 1. The van der Waals surface area contributed by atoms with Crippen molar-refractivity contribution in [3.63, 3.8) is 0 Å². The third kappa shape index (κ3) is 2.08. The van der Waals surface area contributed by atoms with E-state index in [0.717, 1.165) is 13.1 Å². The Morgan fingerprint density at radius 1 is 1.70 bits per heavy atom. The summed E-state index contributed by atoms with van der Waals surface area (Å²) in [5.74, 6) is 0. The van der Waals surface area contributed by atoms with Crippen molar-refractivity contribution >= 4 is 11.3 Å². The van der Waals surface area contributed by atoms with Crippen LogP contribution in [0, 0.1) is 0 Å². The molecule has 0 fully saturated rings. The molecule has 0 amide bonds. The Labute approximate surface area is 65.5 Å². The zero-order chi connectivity index (χ0) is 7.40. The third-order valence-electron chi connectivity index (χ3n) is 1.43. The quantitative estimate of drug-likeness (QED) is 0.660. The third-order valence-corrected chi connectivity index (χ3v) is 2.19. The predicted octanol–water partition coefficient (Wildman–Crippen LogP) is 1.59. The summed E-state index contributed by atoms with van der Waals surface area (Å²) >= 11 is 1.71. The maximum Gasteiger partial charge on any atom is 0.107 e. The summed E-state index contributed by atoms with van der Waals surface area (Å²) in [5, 5.41) is 3.21. The molecule has 0 aliphatic rings. The van der Waals surface area contributed by atoms with E-state index in [1.807, 2.05) is 11.6 Å². The van der Waals surface area contributed by atoms with Crippen LogP contribution in [-0.2, 0) is 6.54 Å². The van der Waals surface area contributed by atoms with Gasteiger partial charge in [-0.3, -0.25) is 4.90 Å². The molecule has 0 aromatic carbocycles. The smallest absolute Gasteiger partial charge is 0.107 e. The van der Waals surface area contributed by atoms with Gasteiger partial charge in [-0.25, -0.2) is 4.98 Å². The molecule has 2 nitrogen and oxygen atoms in total. The first-order valence-electron chi connectivity index (χ1n) is 3.40. The van der Waals surface area contributed by atoms with Crippen molar-refractivity contribution in [2.24, 2.45) is 0 Å². The van der Waals surface area contributed by atoms with Crippen LogP contribution in [0.4, 0.5) is 0 Å². The molecule has 0 saturated carbocycles. The second-order valence-corrected chi connectivity index (χ2v) is 3.24. The van der Waals surface area contributed by atoms with Crippen molar-refractivity contribution in [3.8, 4) is 0 Å². The van der Waals surface area contributed by atoms with Gasteiger partial charge in [-0.05, 0) is 13.6 Å². The van der Waals surface area contributed by atoms with Crippen molar-refractivity contribution in [3.05, 3.63) is 16.6 Å². The molecule has 1 heterocycles. The molecule has 0 radical (unpaired) electrons. The van der Waals surface area contributed by atoms with Gasteiger partial charge >= 0.3 is 0 Å². The summed E-state index contributed by atoms with van der Waals surface area (Å²) in [6.45, 7) is 4.21. The summed E-state index contributed by atoms with van der Waals surface area (Å²) in [5.41, 5.74) is 0. The van der Waals surface area contributed by atoms with Gasteiger partial charge in [-0.1, -0.05) is 6.92 Å². The van der Waals surface area contributed by atoms with Gasteiger partial charge < -0.3 is 0 Å².